The van der Waals surface area contributed by atoms with Gasteiger partial charge in [0.05, 0.1) is 5.56 Å². The van der Waals surface area contributed by atoms with Gasteiger partial charge in [-0.1, -0.05) is 60.7 Å². The van der Waals surface area contributed by atoms with Crippen molar-refractivity contribution < 1.29 is 24.2 Å². The van der Waals surface area contributed by atoms with E-state index in [1.807, 2.05) is 24.3 Å². The van der Waals surface area contributed by atoms with Gasteiger partial charge in [-0.2, -0.15) is 0 Å². The van der Waals surface area contributed by atoms with Crippen molar-refractivity contribution in [3.63, 3.8) is 0 Å². The highest BCUT2D eigenvalue weighted by Crippen LogP contribution is 2.40. The van der Waals surface area contributed by atoms with Gasteiger partial charge in [0.25, 0.3) is 0 Å². The van der Waals surface area contributed by atoms with Crippen LogP contribution in [0.5, 0.6) is 11.5 Å². The van der Waals surface area contributed by atoms with E-state index in [2.05, 4.69) is 0 Å². The van der Waals surface area contributed by atoms with Crippen LogP contribution >= 0.6 is 0 Å². The van der Waals surface area contributed by atoms with E-state index in [1.54, 1.807) is 54.6 Å². The molecule has 0 unspecified atom stereocenters. The van der Waals surface area contributed by atoms with Crippen molar-refractivity contribution in [3.8, 4) is 11.5 Å². The fourth-order valence-electron chi connectivity index (χ4n) is 3.94. The van der Waals surface area contributed by atoms with Gasteiger partial charge in [0.2, 0.25) is 0 Å². The highest BCUT2D eigenvalue weighted by Gasteiger charge is 2.33. The standard InChI is InChI=1S/C26H16O5/c27-22(28)13-15-9-11-17(12-10-15)31-26-18-6-2-1-5-16(18)14-21-23(26)25(30)20-8-4-3-7-19(20)24(21)29/h1-12,14H,13H2,(H,27,28)/p-1. The molecule has 150 valence electrons. The Morgan fingerprint density at radius 2 is 1.42 bits per heavy atom. The molecule has 0 bridgehead atoms. The molecule has 0 radical (unpaired) electrons. The quantitative estimate of drug-likeness (QED) is 0.454. The van der Waals surface area contributed by atoms with Crippen LogP contribution in [0.1, 0.15) is 37.4 Å². The number of fused-ring (bicyclic) bond motifs is 3. The Balaban J connectivity index is 1.68. The number of carboxylic acid groups (broad SMARTS) is 1. The topological polar surface area (TPSA) is 83.5 Å². The lowest BCUT2D eigenvalue weighted by atomic mass is 9.82. The first-order chi connectivity index (χ1) is 15.0. The molecular formula is C26H15O5-. The molecule has 5 nitrogen and oxygen atoms in total. The zero-order valence-electron chi connectivity index (χ0n) is 16.3. The number of carbonyl (C=O) groups is 3. The molecule has 1 aliphatic rings. The monoisotopic (exact) mass is 407 g/mol. The minimum Gasteiger partial charge on any atom is -0.550 e. The Hall–Kier alpha value is -4.25. The first-order valence-corrected chi connectivity index (χ1v) is 9.74. The molecule has 4 aromatic carbocycles. The van der Waals surface area contributed by atoms with Crippen LogP contribution in [0.2, 0.25) is 0 Å². The van der Waals surface area contributed by atoms with E-state index in [1.165, 1.54) is 0 Å². The van der Waals surface area contributed by atoms with Crippen LogP contribution < -0.4 is 9.84 Å². The maximum atomic E-state index is 13.4. The molecule has 5 rings (SSSR count). The number of benzene rings is 4. The number of hydrogen-bond acceptors (Lipinski definition) is 5. The Labute approximate surface area is 177 Å². The Bertz CT molecular complexity index is 1380. The predicted octanol–water partition coefficient (Wildman–Crippen LogP) is 3.70. The van der Waals surface area contributed by atoms with E-state index in [0.717, 1.165) is 5.39 Å². The number of carbonyl (C=O) groups excluding carboxylic acids is 3. The number of ether oxygens (including phenoxy) is 1. The van der Waals surface area contributed by atoms with Gasteiger partial charge in [0, 0.05) is 34.5 Å². The molecule has 0 saturated carbocycles. The molecule has 4 aromatic rings. The van der Waals surface area contributed by atoms with Gasteiger partial charge in [-0.3, -0.25) is 9.59 Å². The minimum absolute atomic E-state index is 0.201. The summed E-state index contributed by atoms with van der Waals surface area (Å²) in [6.45, 7) is 0. The van der Waals surface area contributed by atoms with E-state index >= 15 is 0 Å². The van der Waals surface area contributed by atoms with Crippen molar-refractivity contribution in [3.05, 3.63) is 107 Å². The van der Waals surface area contributed by atoms with Crippen molar-refractivity contribution in [2.45, 2.75) is 6.42 Å². The second kappa shape index (κ2) is 7.22. The summed E-state index contributed by atoms with van der Waals surface area (Å²) in [6, 6.07) is 22.4. The van der Waals surface area contributed by atoms with Gasteiger partial charge in [-0.15, -0.1) is 0 Å². The Morgan fingerprint density at radius 1 is 0.774 bits per heavy atom. The van der Waals surface area contributed by atoms with Crippen molar-refractivity contribution in [1.29, 1.82) is 0 Å². The summed E-state index contributed by atoms with van der Waals surface area (Å²) < 4.78 is 6.15. The third-order valence-corrected chi connectivity index (χ3v) is 5.38. The first kappa shape index (κ1) is 18.8. The molecule has 0 atom stereocenters. The molecule has 31 heavy (non-hydrogen) atoms. The number of carboxylic acids is 1. The summed E-state index contributed by atoms with van der Waals surface area (Å²) in [4.78, 5) is 37.4. The normalized spacial score (nSPS) is 12.4. The van der Waals surface area contributed by atoms with E-state index in [4.69, 9.17) is 4.74 Å². The van der Waals surface area contributed by atoms with E-state index in [0.29, 0.717) is 39.1 Å². The number of rotatable bonds is 4. The fraction of sp³-hybridized carbons (Fsp3) is 0.0385. The maximum Gasteiger partial charge on any atom is 0.198 e. The van der Waals surface area contributed by atoms with Crippen LogP contribution in [0.3, 0.4) is 0 Å². The summed E-state index contributed by atoms with van der Waals surface area (Å²) in [6.07, 6.45) is -0.201. The predicted molar refractivity (Wildman–Crippen MR) is 112 cm³/mol. The molecule has 1 aliphatic carbocycles. The molecule has 5 heteroatoms. The van der Waals surface area contributed by atoms with Crippen LogP contribution in [-0.2, 0) is 11.2 Å². The van der Waals surface area contributed by atoms with E-state index < -0.39 is 5.97 Å². The summed E-state index contributed by atoms with van der Waals surface area (Å²) >= 11 is 0. The highest BCUT2D eigenvalue weighted by molar-refractivity contribution is 6.31. The van der Waals surface area contributed by atoms with Gasteiger partial charge < -0.3 is 14.6 Å². The number of hydrogen-bond donors (Lipinski definition) is 0. The Kier molecular flexibility index (Phi) is 4.37. The zero-order chi connectivity index (χ0) is 21.5. The minimum atomic E-state index is -1.17. The average molecular weight is 407 g/mol. The summed E-state index contributed by atoms with van der Waals surface area (Å²) in [5, 5.41) is 12.3. The SMILES string of the molecule is O=C([O-])Cc1ccc(Oc2c3c(cc4ccccc24)C(=O)c2ccccc2C3=O)cc1. The molecule has 0 heterocycles. The van der Waals surface area contributed by atoms with E-state index in [9.17, 15) is 19.5 Å². The van der Waals surface area contributed by atoms with Gasteiger partial charge in [0.15, 0.2) is 11.6 Å². The second-order valence-electron chi connectivity index (χ2n) is 7.35. The molecule has 0 aromatic heterocycles. The largest absolute Gasteiger partial charge is 0.550 e. The van der Waals surface area contributed by atoms with Crippen molar-refractivity contribution in [2.75, 3.05) is 0 Å². The van der Waals surface area contributed by atoms with Crippen molar-refractivity contribution in [1.82, 2.24) is 0 Å². The van der Waals surface area contributed by atoms with Crippen LogP contribution in [0.25, 0.3) is 10.8 Å². The third-order valence-electron chi connectivity index (χ3n) is 5.38. The van der Waals surface area contributed by atoms with Gasteiger partial charge in [-0.05, 0) is 29.1 Å². The van der Waals surface area contributed by atoms with Crippen LogP contribution in [0.15, 0.2) is 78.9 Å². The van der Waals surface area contributed by atoms with Crippen molar-refractivity contribution >= 4 is 28.3 Å². The second-order valence-corrected chi connectivity index (χ2v) is 7.35. The fourth-order valence-corrected chi connectivity index (χ4v) is 3.94. The van der Waals surface area contributed by atoms with Crippen LogP contribution in [0, 0.1) is 0 Å². The zero-order valence-corrected chi connectivity index (χ0v) is 16.3. The lowest BCUT2D eigenvalue weighted by Crippen LogP contribution is -2.24. The first-order valence-electron chi connectivity index (χ1n) is 9.74. The molecular weight excluding hydrogens is 392 g/mol. The van der Waals surface area contributed by atoms with Crippen LogP contribution in [0.4, 0.5) is 0 Å². The number of ketones is 2. The third kappa shape index (κ3) is 3.16. The summed E-state index contributed by atoms with van der Waals surface area (Å²) in [7, 11) is 0. The molecule has 0 fully saturated rings. The highest BCUT2D eigenvalue weighted by atomic mass is 16.5. The Morgan fingerprint density at radius 3 is 2.13 bits per heavy atom. The smallest absolute Gasteiger partial charge is 0.198 e. The van der Waals surface area contributed by atoms with Gasteiger partial charge in [-0.25, -0.2) is 0 Å². The maximum absolute atomic E-state index is 13.4. The van der Waals surface area contributed by atoms with E-state index in [-0.39, 0.29) is 23.6 Å². The molecule has 0 aliphatic heterocycles. The summed E-state index contributed by atoms with van der Waals surface area (Å²) in [5.41, 5.74) is 1.86. The van der Waals surface area contributed by atoms with Gasteiger partial charge in [0.1, 0.15) is 11.5 Å². The lowest BCUT2D eigenvalue weighted by molar-refractivity contribution is -0.304. The van der Waals surface area contributed by atoms with Crippen LogP contribution in [-0.4, -0.2) is 17.5 Å². The van der Waals surface area contributed by atoms with Crippen molar-refractivity contribution in [2.24, 2.45) is 0 Å². The molecule has 0 N–H and O–H groups in total. The van der Waals surface area contributed by atoms with Gasteiger partial charge >= 0.3 is 0 Å². The molecule has 0 spiro atoms. The summed E-state index contributed by atoms with van der Waals surface area (Å²) in [5.74, 6) is -0.905. The number of aliphatic carboxylic acids is 1. The molecule has 0 saturated heterocycles. The molecule has 0 amide bonds. The average Bonchev–Trinajstić information content (AvgIpc) is 2.78. The lowest BCUT2D eigenvalue weighted by Gasteiger charge is -2.22.